The van der Waals surface area contributed by atoms with E-state index in [0.717, 1.165) is 25.7 Å². The maximum absolute atomic E-state index is 12.3. The summed E-state index contributed by atoms with van der Waals surface area (Å²) in [6.45, 7) is 3.93. The Labute approximate surface area is 143 Å². The monoisotopic (exact) mass is 346 g/mol. The van der Waals surface area contributed by atoms with Crippen molar-refractivity contribution in [1.82, 2.24) is 9.80 Å². The zero-order valence-corrected chi connectivity index (χ0v) is 16.3. The zero-order chi connectivity index (χ0) is 16.9. The zero-order valence-electron chi connectivity index (χ0n) is 14.7. The summed E-state index contributed by atoms with van der Waals surface area (Å²) in [5, 5.41) is 0.0452. The fourth-order valence-electron chi connectivity index (χ4n) is 2.97. The summed E-state index contributed by atoms with van der Waals surface area (Å²) in [7, 11) is 3.84. The highest BCUT2D eigenvalue weighted by atomic mass is 32.2. The van der Waals surface area contributed by atoms with Crippen molar-refractivity contribution in [2.75, 3.05) is 26.6 Å². The molecule has 0 bridgehead atoms. The molecule has 0 radical (unpaired) electrons. The second-order valence-corrected chi connectivity index (χ2v) is 8.47. The van der Waals surface area contributed by atoms with Gasteiger partial charge in [0.05, 0.1) is 10.5 Å². The predicted molar refractivity (Wildman–Crippen MR) is 97.5 cm³/mol. The van der Waals surface area contributed by atoms with Crippen LogP contribution >= 0.6 is 23.5 Å². The molecule has 0 aromatic heterocycles. The van der Waals surface area contributed by atoms with Crippen LogP contribution in [0.4, 0.5) is 0 Å². The number of amides is 2. The topological polar surface area (TPSA) is 40.6 Å². The Morgan fingerprint density at radius 1 is 0.818 bits per heavy atom. The molecule has 0 saturated heterocycles. The van der Waals surface area contributed by atoms with Gasteiger partial charge in [0, 0.05) is 26.2 Å². The van der Waals surface area contributed by atoms with E-state index in [0.29, 0.717) is 12.1 Å². The fraction of sp³-hybridized carbons (Fsp3) is 0.875. The average Bonchev–Trinajstić information content (AvgIpc) is 2.57. The number of nitrogens with zero attached hydrogens (tertiary/aromatic N) is 2. The van der Waals surface area contributed by atoms with E-state index in [1.165, 1.54) is 0 Å². The number of carbonyl (C=O) groups is 2. The van der Waals surface area contributed by atoms with Crippen LogP contribution in [-0.4, -0.2) is 70.8 Å². The molecule has 0 unspecified atom stereocenters. The lowest BCUT2D eigenvalue weighted by Crippen LogP contribution is -2.48. The van der Waals surface area contributed by atoms with E-state index in [-0.39, 0.29) is 22.3 Å². The van der Waals surface area contributed by atoms with E-state index in [2.05, 4.69) is 0 Å². The first kappa shape index (κ1) is 19.7. The van der Waals surface area contributed by atoms with Crippen molar-refractivity contribution in [2.45, 2.75) is 62.1 Å². The molecule has 6 heteroatoms. The van der Waals surface area contributed by atoms with Gasteiger partial charge in [-0.1, -0.05) is 0 Å². The lowest BCUT2D eigenvalue weighted by molar-refractivity contribution is -0.134. The molecule has 0 aliphatic heterocycles. The first-order valence-corrected chi connectivity index (χ1v) is 10.5. The Kier molecular flexibility index (Phi) is 8.11. The summed E-state index contributed by atoms with van der Waals surface area (Å²) in [6, 6.07) is 0.639. The van der Waals surface area contributed by atoms with Crippen molar-refractivity contribution in [1.29, 1.82) is 0 Å². The minimum atomic E-state index is 0.0226. The van der Waals surface area contributed by atoms with Gasteiger partial charge in [-0.15, -0.1) is 0 Å². The van der Waals surface area contributed by atoms with Crippen molar-refractivity contribution in [3.8, 4) is 0 Å². The summed E-state index contributed by atoms with van der Waals surface area (Å²) in [5.74, 6) is 0.438. The Morgan fingerprint density at radius 2 is 1.09 bits per heavy atom. The largest absolute Gasteiger partial charge is 0.342 e. The second-order valence-electron chi connectivity index (χ2n) is 6.12. The number of hydrogen-bond acceptors (Lipinski definition) is 4. The van der Waals surface area contributed by atoms with Crippen LogP contribution in [0.2, 0.25) is 0 Å². The first-order valence-electron chi connectivity index (χ1n) is 7.92. The van der Waals surface area contributed by atoms with Crippen molar-refractivity contribution >= 4 is 35.3 Å². The quantitative estimate of drug-likeness (QED) is 0.741. The van der Waals surface area contributed by atoms with Crippen LogP contribution in [0, 0.1) is 0 Å². The lowest BCUT2D eigenvalue weighted by atomic mass is 9.89. The summed E-state index contributed by atoms with van der Waals surface area (Å²) in [5.41, 5.74) is 0. The van der Waals surface area contributed by atoms with E-state index < -0.39 is 0 Å². The third-order valence-corrected chi connectivity index (χ3v) is 6.68. The first-order chi connectivity index (χ1) is 10.3. The molecule has 0 aromatic carbocycles. The molecule has 2 amide bonds. The highest BCUT2D eigenvalue weighted by molar-refractivity contribution is 8.00. The minimum absolute atomic E-state index is 0.0226. The fourth-order valence-corrected chi connectivity index (χ4v) is 3.70. The average molecular weight is 347 g/mol. The molecule has 0 spiro atoms. The Balaban J connectivity index is 2.52. The summed E-state index contributed by atoms with van der Waals surface area (Å²) >= 11 is 3.19. The van der Waals surface area contributed by atoms with Crippen molar-refractivity contribution < 1.29 is 9.59 Å². The number of thioether (sulfide) groups is 2. The van der Waals surface area contributed by atoms with Crippen molar-refractivity contribution in [2.24, 2.45) is 0 Å². The number of hydrogen-bond donors (Lipinski definition) is 0. The summed E-state index contributed by atoms with van der Waals surface area (Å²) < 4.78 is 0. The standard InChI is InChI=1S/C16H30N2O2S2/c1-11(21-5)15(19)17(3)13-7-9-14(10-8-13)18(4)16(20)12(2)22-6/h11-14H,7-10H2,1-6H3/t11-,12-,13?,14?/m0/s1. The van der Waals surface area contributed by atoms with Crippen LogP contribution in [0.3, 0.4) is 0 Å². The molecule has 4 nitrogen and oxygen atoms in total. The Bertz CT molecular complexity index is 348. The van der Waals surface area contributed by atoms with Gasteiger partial charge in [-0.25, -0.2) is 0 Å². The van der Waals surface area contributed by atoms with Crippen LogP contribution in [-0.2, 0) is 9.59 Å². The molecule has 0 aromatic rings. The number of rotatable bonds is 6. The van der Waals surface area contributed by atoms with Gasteiger partial charge in [-0.2, -0.15) is 23.5 Å². The SMILES string of the molecule is CS[C@@H](C)C(=O)N(C)C1CCC(N(C)C(=O)[C@H](C)SC)CC1. The van der Waals surface area contributed by atoms with Gasteiger partial charge in [0.2, 0.25) is 11.8 Å². The van der Waals surface area contributed by atoms with Crippen LogP contribution in [0.1, 0.15) is 39.5 Å². The van der Waals surface area contributed by atoms with Gasteiger partial charge in [-0.05, 0) is 52.0 Å². The Morgan fingerprint density at radius 3 is 1.32 bits per heavy atom. The molecular formula is C16H30N2O2S2. The predicted octanol–water partition coefficient (Wildman–Crippen LogP) is 2.72. The van der Waals surface area contributed by atoms with E-state index in [4.69, 9.17) is 0 Å². The smallest absolute Gasteiger partial charge is 0.235 e. The molecule has 1 rings (SSSR count). The maximum atomic E-state index is 12.3. The molecule has 2 atom stereocenters. The van der Waals surface area contributed by atoms with Gasteiger partial charge < -0.3 is 9.80 Å². The lowest BCUT2D eigenvalue weighted by Gasteiger charge is -2.39. The van der Waals surface area contributed by atoms with E-state index in [1.807, 2.05) is 50.3 Å². The maximum Gasteiger partial charge on any atom is 0.235 e. The van der Waals surface area contributed by atoms with Crippen LogP contribution < -0.4 is 0 Å². The van der Waals surface area contributed by atoms with Gasteiger partial charge in [0.1, 0.15) is 0 Å². The van der Waals surface area contributed by atoms with Gasteiger partial charge in [0.15, 0.2) is 0 Å². The highest BCUT2D eigenvalue weighted by Crippen LogP contribution is 2.27. The molecule has 22 heavy (non-hydrogen) atoms. The molecular weight excluding hydrogens is 316 g/mol. The van der Waals surface area contributed by atoms with Crippen LogP contribution in [0.5, 0.6) is 0 Å². The molecule has 128 valence electrons. The molecule has 0 N–H and O–H groups in total. The van der Waals surface area contributed by atoms with Gasteiger partial charge in [0.25, 0.3) is 0 Å². The summed E-state index contributed by atoms with van der Waals surface area (Å²) in [6.07, 6.45) is 7.89. The number of carbonyl (C=O) groups excluding carboxylic acids is 2. The van der Waals surface area contributed by atoms with Crippen LogP contribution in [0.15, 0.2) is 0 Å². The van der Waals surface area contributed by atoms with E-state index in [9.17, 15) is 9.59 Å². The molecule has 1 fully saturated rings. The molecule has 1 aliphatic carbocycles. The third kappa shape index (κ3) is 4.82. The van der Waals surface area contributed by atoms with Gasteiger partial charge in [-0.3, -0.25) is 9.59 Å². The van der Waals surface area contributed by atoms with E-state index >= 15 is 0 Å². The van der Waals surface area contributed by atoms with Crippen molar-refractivity contribution in [3.05, 3.63) is 0 Å². The van der Waals surface area contributed by atoms with Crippen LogP contribution in [0.25, 0.3) is 0 Å². The molecule has 1 aliphatic rings. The minimum Gasteiger partial charge on any atom is -0.342 e. The normalized spacial score (nSPS) is 24.5. The van der Waals surface area contributed by atoms with Gasteiger partial charge >= 0.3 is 0 Å². The third-order valence-electron chi connectivity index (χ3n) is 4.86. The summed E-state index contributed by atoms with van der Waals surface area (Å²) in [4.78, 5) is 28.4. The molecule has 1 saturated carbocycles. The highest BCUT2D eigenvalue weighted by Gasteiger charge is 2.32. The molecule has 0 heterocycles. The Hall–Kier alpha value is -0.360. The van der Waals surface area contributed by atoms with E-state index in [1.54, 1.807) is 23.5 Å². The van der Waals surface area contributed by atoms with Crippen molar-refractivity contribution in [3.63, 3.8) is 0 Å². The second kappa shape index (κ2) is 9.06.